The number of aliphatic hydroxyl groups is 1. The summed E-state index contributed by atoms with van der Waals surface area (Å²) < 4.78 is 11.5. The first kappa shape index (κ1) is 32.1. The van der Waals surface area contributed by atoms with E-state index in [2.05, 4.69) is 27.5 Å². The van der Waals surface area contributed by atoms with Crippen LogP contribution in [0.4, 0.5) is 0 Å². The molecule has 46 heavy (non-hydrogen) atoms. The summed E-state index contributed by atoms with van der Waals surface area (Å²) in [6.07, 6.45) is 5.85. The molecule has 2 aromatic carbocycles. The van der Waals surface area contributed by atoms with Crippen molar-refractivity contribution in [2.24, 2.45) is 0 Å². The number of carbonyl (C=O) groups excluding carboxylic acids is 2. The molecule has 11 heteroatoms. The quantitative estimate of drug-likeness (QED) is 0.198. The second kappa shape index (κ2) is 14.7. The van der Waals surface area contributed by atoms with Crippen molar-refractivity contribution in [3.63, 3.8) is 0 Å². The molecule has 4 aromatic rings. The van der Waals surface area contributed by atoms with Crippen molar-refractivity contribution in [2.45, 2.75) is 76.3 Å². The van der Waals surface area contributed by atoms with E-state index in [1.165, 1.54) is 12.5 Å². The highest BCUT2D eigenvalue weighted by molar-refractivity contribution is 7.09. The highest BCUT2D eigenvalue weighted by Crippen LogP contribution is 2.35. The summed E-state index contributed by atoms with van der Waals surface area (Å²) in [5.74, 6) is -0.258. The zero-order chi connectivity index (χ0) is 32.0. The summed E-state index contributed by atoms with van der Waals surface area (Å²) in [6.45, 7) is 5.95. The third-order valence-electron chi connectivity index (χ3n) is 8.68. The number of aryl methyl sites for hydroxylation is 1. The molecule has 2 aliphatic rings. The molecule has 5 atom stereocenters. The Bertz CT molecular complexity index is 1610. The Morgan fingerprint density at radius 3 is 2.78 bits per heavy atom. The SMILES string of the molecule is CCCOC1CNC(C(O)C(Cc2ccccc2)NC(=O)c2cc(C(=O)N3CCCC3c3nc(C)cs3)cc(-c3ncco3)c2)C1. The molecule has 0 aliphatic carbocycles. The topological polar surface area (TPSA) is 130 Å². The fourth-order valence-electron chi connectivity index (χ4n) is 6.39. The highest BCUT2D eigenvalue weighted by Gasteiger charge is 2.36. The maximum atomic E-state index is 14.0. The highest BCUT2D eigenvalue weighted by atomic mass is 32.1. The molecule has 0 spiro atoms. The largest absolute Gasteiger partial charge is 0.445 e. The van der Waals surface area contributed by atoms with Gasteiger partial charge in [0, 0.05) is 53.5 Å². The van der Waals surface area contributed by atoms with Gasteiger partial charge in [-0.3, -0.25) is 9.59 Å². The van der Waals surface area contributed by atoms with Crippen LogP contribution in [0.15, 0.2) is 70.8 Å². The van der Waals surface area contributed by atoms with E-state index in [1.807, 2.05) is 47.5 Å². The van der Waals surface area contributed by atoms with Gasteiger partial charge in [-0.15, -0.1) is 11.3 Å². The molecule has 0 radical (unpaired) electrons. The standard InChI is InChI=1S/C35H41N5O5S/c1-3-13-44-27-19-28(37-20-27)31(41)29(15-23-8-5-4-6-9-23)39-32(42)24-16-25(33-36-11-14-45-33)18-26(17-24)35(43)40-12-7-10-30(40)34-38-22(2)21-46-34/h4-6,8-9,11,14,16-18,21,27-31,37,41H,3,7,10,12-13,15,19-20H2,1-2H3,(H,39,42). The van der Waals surface area contributed by atoms with Gasteiger partial charge in [-0.2, -0.15) is 0 Å². The van der Waals surface area contributed by atoms with Gasteiger partial charge in [0.2, 0.25) is 5.89 Å². The van der Waals surface area contributed by atoms with Crippen LogP contribution in [0.1, 0.15) is 75.6 Å². The molecule has 242 valence electrons. The van der Waals surface area contributed by atoms with E-state index >= 15 is 0 Å². The number of likely N-dealkylation sites (tertiary alicyclic amines) is 1. The summed E-state index contributed by atoms with van der Waals surface area (Å²) in [5, 5.41) is 21.0. The summed E-state index contributed by atoms with van der Waals surface area (Å²) in [6, 6.07) is 13.9. The van der Waals surface area contributed by atoms with Crippen LogP contribution in [0.5, 0.6) is 0 Å². The molecule has 3 N–H and O–H groups in total. The predicted molar refractivity (Wildman–Crippen MR) is 176 cm³/mol. The lowest BCUT2D eigenvalue weighted by Crippen LogP contribution is -2.52. The number of amides is 2. The molecule has 4 heterocycles. The van der Waals surface area contributed by atoms with Crippen LogP contribution in [0.25, 0.3) is 11.5 Å². The number of ether oxygens (including phenoxy) is 1. The van der Waals surface area contributed by atoms with Crippen molar-refractivity contribution < 1.29 is 23.8 Å². The van der Waals surface area contributed by atoms with Gasteiger partial charge >= 0.3 is 0 Å². The lowest BCUT2D eigenvalue weighted by atomic mass is 9.94. The second-order valence-electron chi connectivity index (χ2n) is 12.1. The van der Waals surface area contributed by atoms with Crippen molar-refractivity contribution in [1.29, 1.82) is 0 Å². The number of oxazole rings is 1. The summed E-state index contributed by atoms with van der Waals surface area (Å²) in [5.41, 5.74) is 3.11. The van der Waals surface area contributed by atoms with Gasteiger partial charge in [0.15, 0.2) is 0 Å². The second-order valence-corrected chi connectivity index (χ2v) is 13.0. The molecule has 2 fully saturated rings. The van der Waals surface area contributed by atoms with Gasteiger partial charge in [-0.25, -0.2) is 9.97 Å². The van der Waals surface area contributed by atoms with E-state index < -0.39 is 18.1 Å². The maximum absolute atomic E-state index is 14.0. The van der Waals surface area contributed by atoms with Crippen LogP contribution >= 0.6 is 11.3 Å². The first-order valence-corrected chi connectivity index (χ1v) is 16.9. The number of nitrogens with one attached hydrogen (secondary N) is 2. The van der Waals surface area contributed by atoms with Crippen molar-refractivity contribution in [3.05, 3.63) is 93.8 Å². The molecular weight excluding hydrogens is 602 g/mol. The van der Waals surface area contributed by atoms with Crippen LogP contribution in [-0.2, 0) is 11.2 Å². The Morgan fingerprint density at radius 2 is 2.04 bits per heavy atom. The number of carbonyl (C=O) groups is 2. The van der Waals surface area contributed by atoms with Crippen molar-refractivity contribution in [1.82, 2.24) is 25.5 Å². The molecule has 0 saturated carbocycles. The molecule has 0 bridgehead atoms. The average molecular weight is 644 g/mol. The minimum absolute atomic E-state index is 0.0152. The Hall–Kier alpha value is -3.90. The predicted octanol–water partition coefficient (Wildman–Crippen LogP) is 4.94. The molecule has 2 aliphatic heterocycles. The smallest absolute Gasteiger partial charge is 0.254 e. The first-order valence-electron chi connectivity index (χ1n) is 16.1. The Morgan fingerprint density at radius 1 is 1.22 bits per heavy atom. The Labute approximate surface area is 273 Å². The van der Waals surface area contributed by atoms with Crippen LogP contribution in [0.2, 0.25) is 0 Å². The minimum atomic E-state index is -0.873. The van der Waals surface area contributed by atoms with Gasteiger partial charge in [-0.05, 0) is 62.8 Å². The number of benzene rings is 2. The molecule has 2 saturated heterocycles. The summed E-state index contributed by atoms with van der Waals surface area (Å²) >= 11 is 1.57. The van der Waals surface area contributed by atoms with Crippen molar-refractivity contribution in [3.8, 4) is 11.5 Å². The van der Waals surface area contributed by atoms with Gasteiger partial charge in [0.25, 0.3) is 11.8 Å². The fourth-order valence-corrected chi connectivity index (χ4v) is 7.33. The van der Waals surface area contributed by atoms with E-state index in [-0.39, 0.29) is 29.7 Å². The average Bonchev–Trinajstić information content (AvgIpc) is 3.91. The van der Waals surface area contributed by atoms with E-state index in [9.17, 15) is 14.7 Å². The molecular formula is C35H41N5O5S. The number of nitrogens with zero attached hydrogens (tertiary/aromatic N) is 3. The van der Waals surface area contributed by atoms with Crippen LogP contribution < -0.4 is 10.6 Å². The van der Waals surface area contributed by atoms with E-state index in [1.54, 1.807) is 29.5 Å². The molecule has 6 rings (SSSR count). The van der Waals surface area contributed by atoms with Crippen LogP contribution in [-0.4, -0.2) is 75.8 Å². The number of hydrogen-bond donors (Lipinski definition) is 3. The molecule has 10 nitrogen and oxygen atoms in total. The van der Waals surface area contributed by atoms with Gasteiger partial charge in [-0.1, -0.05) is 37.3 Å². The van der Waals surface area contributed by atoms with Crippen molar-refractivity contribution >= 4 is 23.2 Å². The van der Waals surface area contributed by atoms with Crippen LogP contribution in [0, 0.1) is 6.92 Å². The summed E-state index contributed by atoms with van der Waals surface area (Å²) in [7, 11) is 0. The normalized spacial score (nSPS) is 20.9. The van der Waals surface area contributed by atoms with E-state index in [4.69, 9.17) is 9.15 Å². The van der Waals surface area contributed by atoms with Gasteiger partial charge in [0.1, 0.15) is 11.3 Å². The zero-order valence-electron chi connectivity index (χ0n) is 26.2. The third kappa shape index (κ3) is 7.39. The molecule has 2 amide bonds. The summed E-state index contributed by atoms with van der Waals surface area (Å²) in [4.78, 5) is 38.9. The first-order chi connectivity index (χ1) is 22.4. The fraction of sp³-hybridized carbons (Fsp3) is 0.429. The van der Waals surface area contributed by atoms with Crippen molar-refractivity contribution in [2.75, 3.05) is 19.7 Å². The third-order valence-corrected chi connectivity index (χ3v) is 9.74. The van der Waals surface area contributed by atoms with Crippen LogP contribution in [0.3, 0.4) is 0 Å². The van der Waals surface area contributed by atoms with E-state index in [0.717, 1.165) is 35.5 Å². The van der Waals surface area contributed by atoms with Gasteiger partial charge < -0.3 is 29.8 Å². The van der Waals surface area contributed by atoms with Gasteiger partial charge in [0.05, 0.1) is 30.5 Å². The molecule has 2 aromatic heterocycles. The minimum Gasteiger partial charge on any atom is -0.445 e. The number of rotatable bonds is 12. The Kier molecular flexibility index (Phi) is 10.2. The van der Waals surface area contributed by atoms with E-state index in [0.29, 0.717) is 49.6 Å². The number of aliphatic hydroxyl groups excluding tert-OH is 1. The zero-order valence-corrected chi connectivity index (χ0v) is 27.0. The Balaban J connectivity index is 1.27. The number of aromatic nitrogens is 2. The molecule has 5 unspecified atom stereocenters. The number of thiazole rings is 1. The monoisotopic (exact) mass is 643 g/mol. The lowest BCUT2D eigenvalue weighted by Gasteiger charge is -2.29. The maximum Gasteiger partial charge on any atom is 0.254 e. The lowest BCUT2D eigenvalue weighted by molar-refractivity contribution is 0.0514. The number of hydrogen-bond acceptors (Lipinski definition) is 9.